The van der Waals surface area contributed by atoms with E-state index < -0.39 is 21.6 Å². The van der Waals surface area contributed by atoms with E-state index in [2.05, 4.69) is 5.10 Å². The molecule has 0 spiro atoms. The van der Waals surface area contributed by atoms with Crippen LogP contribution in [0.5, 0.6) is 0 Å². The fraction of sp³-hybridized carbons (Fsp3) is 0.0526. The number of thiophene rings is 1. The minimum atomic E-state index is -4.05. The third-order valence-corrected chi connectivity index (χ3v) is 8.54. The molecule has 2 aromatic heterocycles. The third-order valence-electron chi connectivity index (χ3n) is 4.31. The van der Waals surface area contributed by atoms with Crippen LogP contribution in [0.1, 0.15) is 15.9 Å². The van der Waals surface area contributed by atoms with Gasteiger partial charge in [0.2, 0.25) is 0 Å². The van der Waals surface area contributed by atoms with Crippen molar-refractivity contribution < 1.29 is 17.6 Å². The predicted octanol–water partition coefficient (Wildman–Crippen LogP) is 5.86. The fourth-order valence-electron chi connectivity index (χ4n) is 2.92. The van der Waals surface area contributed by atoms with Gasteiger partial charge in [0.15, 0.2) is 5.78 Å². The van der Waals surface area contributed by atoms with E-state index in [-0.39, 0.29) is 36.1 Å². The molecule has 0 saturated heterocycles. The highest BCUT2D eigenvalue weighted by Gasteiger charge is 2.25. The van der Waals surface area contributed by atoms with Crippen molar-refractivity contribution in [2.45, 2.75) is 10.6 Å². The number of ketones is 1. The molecule has 0 amide bonds. The van der Waals surface area contributed by atoms with Gasteiger partial charge in [-0.2, -0.15) is 17.6 Å². The highest BCUT2D eigenvalue weighted by molar-refractivity contribution is 7.92. The molecule has 0 fully saturated rings. The summed E-state index contributed by atoms with van der Waals surface area (Å²) in [7, 11) is -4.05. The number of benzene rings is 2. The van der Waals surface area contributed by atoms with Gasteiger partial charge in [-0.25, -0.2) is 4.39 Å². The third kappa shape index (κ3) is 3.74. The summed E-state index contributed by atoms with van der Waals surface area (Å²) >= 11 is 18.6. The van der Waals surface area contributed by atoms with E-state index in [1.165, 1.54) is 30.5 Å². The van der Waals surface area contributed by atoms with Crippen LogP contribution in [0.3, 0.4) is 0 Å². The lowest BCUT2D eigenvalue weighted by molar-refractivity contribution is 0.0989. The maximum atomic E-state index is 14.0. The summed E-state index contributed by atoms with van der Waals surface area (Å²) in [6.07, 6.45) is 1.22. The summed E-state index contributed by atoms with van der Waals surface area (Å²) in [5.41, 5.74) is 0.537. The van der Waals surface area contributed by atoms with Crippen molar-refractivity contribution in [3.63, 3.8) is 0 Å². The molecule has 2 heterocycles. The molecular formula is C19H10Cl3FN2O3S2. The summed E-state index contributed by atoms with van der Waals surface area (Å²) in [5, 5.41) is 4.66. The highest BCUT2D eigenvalue weighted by atomic mass is 35.5. The molecule has 0 bridgehead atoms. The van der Waals surface area contributed by atoms with Gasteiger partial charge in [-0.3, -0.25) is 4.79 Å². The number of carbonyl (C=O) groups excluding carboxylic acids is 1. The monoisotopic (exact) mass is 502 g/mol. The quantitative estimate of drug-likeness (QED) is 0.320. The van der Waals surface area contributed by atoms with Gasteiger partial charge < -0.3 is 0 Å². The lowest BCUT2D eigenvalue weighted by Crippen LogP contribution is -2.13. The van der Waals surface area contributed by atoms with Crippen molar-refractivity contribution in [2.24, 2.45) is 0 Å². The number of rotatable bonds is 5. The minimum absolute atomic E-state index is 0.0140. The van der Waals surface area contributed by atoms with E-state index in [0.717, 1.165) is 21.5 Å². The first-order chi connectivity index (χ1) is 14.2. The normalized spacial score (nSPS) is 11.9. The molecule has 0 saturated carbocycles. The molecule has 0 aliphatic carbocycles. The van der Waals surface area contributed by atoms with E-state index in [1.54, 1.807) is 12.1 Å². The van der Waals surface area contributed by atoms with Crippen LogP contribution in [0.25, 0.3) is 10.9 Å². The van der Waals surface area contributed by atoms with Gasteiger partial charge in [0.25, 0.3) is 10.0 Å². The van der Waals surface area contributed by atoms with Crippen LogP contribution in [-0.2, 0) is 16.4 Å². The van der Waals surface area contributed by atoms with E-state index >= 15 is 0 Å². The number of aromatic nitrogens is 2. The zero-order chi connectivity index (χ0) is 21.6. The number of halogens is 4. The first kappa shape index (κ1) is 21.3. The van der Waals surface area contributed by atoms with Crippen LogP contribution in [0.2, 0.25) is 14.4 Å². The summed E-state index contributed by atoms with van der Waals surface area (Å²) in [4.78, 5) is 12.6. The second-order valence-electron chi connectivity index (χ2n) is 6.27. The fourth-order valence-corrected chi connectivity index (χ4v) is 6.40. The predicted molar refractivity (Wildman–Crippen MR) is 116 cm³/mol. The van der Waals surface area contributed by atoms with Gasteiger partial charge in [0.05, 0.1) is 27.3 Å². The highest BCUT2D eigenvalue weighted by Crippen LogP contribution is 2.36. The Hall–Kier alpha value is -1.97. The average molecular weight is 504 g/mol. The molecule has 30 heavy (non-hydrogen) atoms. The zero-order valence-electron chi connectivity index (χ0n) is 14.8. The molecule has 154 valence electrons. The molecule has 4 rings (SSSR count). The Balaban J connectivity index is 1.74. The van der Waals surface area contributed by atoms with E-state index in [4.69, 9.17) is 34.8 Å². The van der Waals surface area contributed by atoms with Crippen LogP contribution in [0, 0.1) is 5.82 Å². The van der Waals surface area contributed by atoms with Crippen molar-refractivity contribution in [3.05, 3.63) is 80.0 Å². The molecule has 5 nitrogen and oxygen atoms in total. The molecule has 2 aromatic carbocycles. The SMILES string of the molecule is O=C(Cc1ccc2cnn(S(=O)(=O)c3cc(Cl)c(Cl)s3)c2c1)c1c(F)cccc1Cl. The van der Waals surface area contributed by atoms with Crippen LogP contribution >= 0.6 is 46.1 Å². The summed E-state index contributed by atoms with van der Waals surface area (Å²) in [5.74, 6) is -1.24. The molecule has 0 unspecified atom stereocenters. The molecule has 0 atom stereocenters. The van der Waals surface area contributed by atoms with Gasteiger partial charge in [-0.1, -0.05) is 53.0 Å². The molecule has 0 radical (unpaired) electrons. The molecule has 0 aliphatic rings. The number of carbonyl (C=O) groups is 1. The molecular weight excluding hydrogens is 494 g/mol. The van der Waals surface area contributed by atoms with Crippen LogP contribution in [-0.4, -0.2) is 23.4 Å². The van der Waals surface area contributed by atoms with E-state index in [0.29, 0.717) is 10.9 Å². The average Bonchev–Trinajstić information content (AvgIpc) is 3.25. The molecule has 0 N–H and O–H groups in total. The lowest BCUT2D eigenvalue weighted by Gasteiger charge is -2.07. The maximum Gasteiger partial charge on any atom is 0.293 e. The minimum Gasteiger partial charge on any atom is -0.294 e. The maximum absolute atomic E-state index is 14.0. The van der Waals surface area contributed by atoms with Gasteiger partial charge in [0.1, 0.15) is 14.4 Å². The topological polar surface area (TPSA) is 69.0 Å². The summed E-state index contributed by atoms with van der Waals surface area (Å²) < 4.78 is 40.9. The Labute approximate surface area is 189 Å². The molecule has 0 aliphatic heterocycles. The Morgan fingerprint density at radius 3 is 2.53 bits per heavy atom. The summed E-state index contributed by atoms with van der Waals surface area (Å²) in [6, 6.07) is 10.0. The van der Waals surface area contributed by atoms with Crippen molar-refractivity contribution in [1.82, 2.24) is 9.19 Å². The van der Waals surface area contributed by atoms with Crippen molar-refractivity contribution >= 4 is 72.8 Å². The lowest BCUT2D eigenvalue weighted by atomic mass is 10.0. The molecule has 11 heteroatoms. The largest absolute Gasteiger partial charge is 0.294 e. The number of hydrogen-bond donors (Lipinski definition) is 0. The van der Waals surface area contributed by atoms with E-state index in [9.17, 15) is 17.6 Å². The smallest absolute Gasteiger partial charge is 0.293 e. The number of Topliss-reactive ketones (excluding diaryl/α,β-unsaturated/α-hetero) is 1. The van der Waals surface area contributed by atoms with Crippen molar-refractivity contribution in [2.75, 3.05) is 0 Å². The van der Waals surface area contributed by atoms with E-state index in [1.807, 2.05) is 0 Å². The number of nitrogens with zero attached hydrogens (tertiary/aromatic N) is 2. The summed E-state index contributed by atoms with van der Waals surface area (Å²) in [6.45, 7) is 0. The van der Waals surface area contributed by atoms with Gasteiger partial charge in [0, 0.05) is 11.8 Å². The Morgan fingerprint density at radius 1 is 1.10 bits per heavy atom. The van der Waals surface area contributed by atoms with Gasteiger partial charge in [-0.05, 0) is 29.8 Å². The van der Waals surface area contributed by atoms with Crippen LogP contribution in [0.4, 0.5) is 4.39 Å². The Morgan fingerprint density at radius 2 is 1.87 bits per heavy atom. The first-order valence-electron chi connectivity index (χ1n) is 8.33. The number of fused-ring (bicyclic) bond motifs is 1. The Bertz CT molecular complexity index is 1370. The van der Waals surface area contributed by atoms with Crippen molar-refractivity contribution in [1.29, 1.82) is 0 Å². The van der Waals surface area contributed by atoms with Crippen LogP contribution < -0.4 is 0 Å². The van der Waals surface area contributed by atoms with Gasteiger partial charge in [-0.15, -0.1) is 11.3 Å². The van der Waals surface area contributed by atoms with Gasteiger partial charge >= 0.3 is 0 Å². The zero-order valence-corrected chi connectivity index (χ0v) is 18.7. The molecule has 4 aromatic rings. The van der Waals surface area contributed by atoms with Crippen molar-refractivity contribution in [3.8, 4) is 0 Å². The van der Waals surface area contributed by atoms with Crippen LogP contribution in [0.15, 0.2) is 52.9 Å². The second-order valence-corrected chi connectivity index (χ2v) is 10.7. The number of hydrogen-bond acceptors (Lipinski definition) is 5. The first-order valence-corrected chi connectivity index (χ1v) is 11.7. The second kappa shape index (κ2) is 7.94. The Kier molecular flexibility index (Phi) is 5.63. The standard InChI is InChI=1S/C19H10Cl3FN2O3S2/c20-12-2-1-3-14(23)18(12)16(26)7-10-4-5-11-9-24-25(15(11)6-10)30(27,28)17-8-13(21)19(22)29-17/h1-6,8-9H,7H2.